The lowest BCUT2D eigenvalue weighted by molar-refractivity contribution is 0.264. The second kappa shape index (κ2) is 5.33. The van der Waals surface area contributed by atoms with Gasteiger partial charge in [0, 0.05) is 18.7 Å². The molecule has 1 saturated heterocycles. The van der Waals surface area contributed by atoms with E-state index in [9.17, 15) is 4.79 Å². The molecule has 1 aromatic rings. The molecule has 0 aromatic carbocycles. The highest BCUT2D eigenvalue weighted by Crippen LogP contribution is 2.09. The van der Waals surface area contributed by atoms with Crippen LogP contribution in [0.5, 0.6) is 5.75 Å². The lowest BCUT2D eigenvalue weighted by Gasteiger charge is -2.20. The van der Waals surface area contributed by atoms with Crippen molar-refractivity contribution in [3.8, 4) is 5.75 Å². The molecule has 1 aromatic heterocycles. The average Bonchev–Trinajstić information content (AvgIpc) is 2.76. The topological polar surface area (TPSA) is 65.7 Å². The van der Waals surface area contributed by atoms with Gasteiger partial charge in [0.25, 0.3) is 0 Å². The van der Waals surface area contributed by atoms with Crippen molar-refractivity contribution in [2.24, 2.45) is 0 Å². The Morgan fingerprint density at radius 2 is 2.47 bits per heavy atom. The van der Waals surface area contributed by atoms with Crippen molar-refractivity contribution >= 4 is 0 Å². The van der Waals surface area contributed by atoms with Gasteiger partial charge >= 0.3 is 0 Å². The van der Waals surface area contributed by atoms with Crippen LogP contribution in [-0.2, 0) is 6.54 Å². The number of nitrogens with one attached hydrogen (secondary N) is 1. The minimum absolute atomic E-state index is 0.339. The van der Waals surface area contributed by atoms with Crippen molar-refractivity contribution in [2.75, 3.05) is 20.1 Å². The zero-order valence-corrected chi connectivity index (χ0v) is 9.98. The van der Waals surface area contributed by atoms with Crippen LogP contribution in [0.2, 0.25) is 0 Å². The zero-order valence-electron chi connectivity index (χ0n) is 9.98. The summed E-state index contributed by atoms with van der Waals surface area (Å²) < 4.78 is 5.16. The molecule has 1 aliphatic rings. The van der Waals surface area contributed by atoms with E-state index in [-0.39, 0.29) is 5.75 Å². The van der Waals surface area contributed by atoms with E-state index < -0.39 is 5.43 Å². The minimum atomic E-state index is -0.390. The molecule has 2 heterocycles. The van der Waals surface area contributed by atoms with Gasteiger partial charge in [0.2, 0.25) is 5.43 Å². The Morgan fingerprint density at radius 1 is 1.65 bits per heavy atom. The largest absolute Gasteiger partial charge is 0.502 e. The second-order valence-corrected chi connectivity index (χ2v) is 4.59. The summed E-state index contributed by atoms with van der Waals surface area (Å²) in [5.74, 6) is 0.238. The van der Waals surface area contributed by atoms with Crippen LogP contribution in [0.25, 0.3) is 0 Å². The highest BCUT2D eigenvalue weighted by Gasteiger charge is 2.16. The molecule has 94 valence electrons. The molecule has 0 aliphatic carbocycles. The number of nitrogens with zero attached hydrogens (tertiary/aromatic N) is 1. The van der Waals surface area contributed by atoms with Gasteiger partial charge in [-0.25, -0.2) is 0 Å². The van der Waals surface area contributed by atoms with Gasteiger partial charge in [0.1, 0.15) is 12.0 Å². The van der Waals surface area contributed by atoms with Gasteiger partial charge in [-0.15, -0.1) is 0 Å². The average molecular weight is 238 g/mol. The summed E-state index contributed by atoms with van der Waals surface area (Å²) >= 11 is 0. The molecular formula is C12H18N2O3. The first-order valence-electron chi connectivity index (χ1n) is 5.88. The van der Waals surface area contributed by atoms with Crippen molar-refractivity contribution in [2.45, 2.75) is 25.4 Å². The maximum absolute atomic E-state index is 11.2. The fraction of sp³-hybridized carbons (Fsp3) is 0.583. The van der Waals surface area contributed by atoms with E-state index >= 15 is 0 Å². The third kappa shape index (κ3) is 3.31. The number of rotatable bonds is 4. The molecule has 2 N–H and O–H groups in total. The monoisotopic (exact) mass is 238 g/mol. The van der Waals surface area contributed by atoms with E-state index in [1.165, 1.54) is 18.9 Å². The Morgan fingerprint density at radius 3 is 3.12 bits per heavy atom. The maximum atomic E-state index is 11.2. The molecule has 1 unspecified atom stereocenters. The molecule has 2 rings (SSSR count). The Bertz CT molecular complexity index is 424. The van der Waals surface area contributed by atoms with E-state index in [0.29, 0.717) is 18.3 Å². The van der Waals surface area contributed by atoms with Gasteiger partial charge in [-0.05, 0) is 26.4 Å². The van der Waals surface area contributed by atoms with E-state index in [1.807, 2.05) is 7.05 Å². The molecule has 0 bridgehead atoms. The first-order chi connectivity index (χ1) is 8.15. The quantitative estimate of drug-likeness (QED) is 0.801. The summed E-state index contributed by atoms with van der Waals surface area (Å²) in [7, 11) is 1.99. The highest BCUT2D eigenvalue weighted by atomic mass is 16.4. The Balaban J connectivity index is 1.90. The predicted octanol–water partition coefficient (Wildman–Crippen LogP) is 0.529. The molecule has 0 saturated carbocycles. The Hall–Kier alpha value is -1.33. The van der Waals surface area contributed by atoms with Crippen molar-refractivity contribution < 1.29 is 9.52 Å². The van der Waals surface area contributed by atoms with Crippen LogP contribution < -0.4 is 10.7 Å². The van der Waals surface area contributed by atoms with E-state index in [2.05, 4.69) is 10.2 Å². The van der Waals surface area contributed by atoms with Crippen molar-refractivity contribution in [3.05, 3.63) is 28.3 Å². The van der Waals surface area contributed by atoms with Gasteiger partial charge in [-0.1, -0.05) is 0 Å². The molecule has 1 atom stereocenters. The lowest BCUT2D eigenvalue weighted by atomic mass is 10.2. The van der Waals surface area contributed by atoms with Crippen LogP contribution in [0.3, 0.4) is 0 Å². The normalized spacial score (nSPS) is 20.0. The lowest BCUT2D eigenvalue weighted by Crippen LogP contribution is -2.35. The molecule has 17 heavy (non-hydrogen) atoms. The zero-order chi connectivity index (χ0) is 12.3. The van der Waals surface area contributed by atoms with Gasteiger partial charge in [-0.2, -0.15) is 0 Å². The summed E-state index contributed by atoms with van der Waals surface area (Å²) in [6, 6.07) is 1.87. The number of hydrogen-bond acceptors (Lipinski definition) is 5. The van der Waals surface area contributed by atoms with E-state index in [0.717, 1.165) is 19.4 Å². The van der Waals surface area contributed by atoms with Gasteiger partial charge in [0.05, 0.1) is 6.54 Å². The Kier molecular flexibility index (Phi) is 3.81. The summed E-state index contributed by atoms with van der Waals surface area (Å²) in [6.07, 6.45) is 3.52. The van der Waals surface area contributed by atoms with E-state index in [1.54, 1.807) is 0 Å². The molecule has 0 amide bonds. The van der Waals surface area contributed by atoms with Crippen molar-refractivity contribution in [3.63, 3.8) is 0 Å². The summed E-state index contributed by atoms with van der Waals surface area (Å²) in [4.78, 5) is 13.3. The van der Waals surface area contributed by atoms with Crippen LogP contribution >= 0.6 is 0 Å². The minimum Gasteiger partial charge on any atom is -0.502 e. The van der Waals surface area contributed by atoms with Crippen LogP contribution in [0.15, 0.2) is 21.5 Å². The number of likely N-dealkylation sites (N-methyl/N-ethyl adjacent to an activating group) is 1. The fourth-order valence-electron chi connectivity index (χ4n) is 2.15. The highest BCUT2D eigenvalue weighted by molar-refractivity contribution is 5.15. The van der Waals surface area contributed by atoms with Gasteiger partial charge in [-0.3, -0.25) is 9.69 Å². The van der Waals surface area contributed by atoms with Crippen LogP contribution in [-0.4, -0.2) is 36.2 Å². The SMILES string of the molecule is CN(Cc1cc(=O)c(O)co1)CC1CCCN1. The van der Waals surface area contributed by atoms with Crippen molar-refractivity contribution in [1.29, 1.82) is 0 Å². The molecule has 5 nitrogen and oxygen atoms in total. The van der Waals surface area contributed by atoms with Crippen molar-refractivity contribution in [1.82, 2.24) is 10.2 Å². The molecule has 1 fully saturated rings. The van der Waals surface area contributed by atoms with Crippen LogP contribution in [0, 0.1) is 0 Å². The standard InChI is InChI=1S/C12H18N2O3/c1-14(6-9-3-2-4-13-9)7-10-5-11(15)12(16)8-17-10/h5,8-9,13,16H,2-4,6-7H2,1H3. The first-order valence-corrected chi connectivity index (χ1v) is 5.88. The fourth-order valence-corrected chi connectivity index (χ4v) is 2.15. The van der Waals surface area contributed by atoms with E-state index in [4.69, 9.17) is 9.52 Å². The third-order valence-corrected chi connectivity index (χ3v) is 2.99. The Labute approximate surface area is 100 Å². The molecule has 1 aliphatic heterocycles. The van der Waals surface area contributed by atoms with Crippen LogP contribution in [0.4, 0.5) is 0 Å². The summed E-state index contributed by atoms with van der Waals surface area (Å²) in [5, 5.41) is 12.5. The van der Waals surface area contributed by atoms with Gasteiger partial charge in [0.15, 0.2) is 5.75 Å². The maximum Gasteiger partial charge on any atom is 0.226 e. The molecule has 0 spiro atoms. The third-order valence-electron chi connectivity index (χ3n) is 2.99. The summed E-state index contributed by atoms with van der Waals surface area (Å²) in [5.41, 5.74) is -0.390. The number of hydrogen-bond donors (Lipinski definition) is 2. The van der Waals surface area contributed by atoms with Gasteiger partial charge < -0.3 is 14.8 Å². The number of aromatic hydroxyl groups is 1. The van der Waals surface area contributed by atoms with Crippen LogP contribution in [0.1, 0.15) is 18.6 Å². The second-order valence-electron chi connectivity index (χ2n) is 4.59. The molecule has 5 heteroatoms. The molecular weight excluding hydrogens is 220 g/mol. The predicted molar refractivity (Wildman–Crippen MR) is 64.0 cm³/mol. The smallest absolute Gasteiger partial charge is 0.226 e. The summed E-state index contributed by atoms with van der Waals surface area (Å²) in [6.45, 7) is 2.60. The molecule has 0 radical (unpaired) electrons. The first kappa shape index (κ1) is 12.1.